The van der Waals surface area contributed by atoms with E-state index >= 15 is 0 Å². The van der Waals surface area contributed by atoms with Gasteiger partial charge in [-0.2, -0.15) is 0 Å². The molecule has 0 saturated heterocycles. The van der Waals surface area contributed by atoms with Crippen LogP contribution in [0.15, 0.2) is 55.1 Å². The number of anilines is 2. The normalized spacial score (nSPS) is 16.5. The lowest BCUT2D eigenvalue weighted by molar-refractivity contribution is 0.0696. The minimum absolute atomic E-state index is 0.193. The summed E-state index contributed by atoms with van der Waals surface area (Å²) in [5.41, 5.74) is 4.73. The first kappa shape index (κ1) is 18.9. The summed E-state index contributed by atoms with van der Waals surface area (Å²) in [5.74, 6) is -0.404. The lowest BCUT2D eigenvalue weighted by atomic mass is 10.1. The van der Waals surface area contributed by atoms with Crippen LogP contribution in [-0.4, -0.2) is 38.8 Å². The predicted octanol–water partition coefficient (Wildman–Crippen LogP) is 4.15. The summed E-state index contributed by atoms with van der Waals surface area (Å²) in [6.07, 6.45) is 4.89. The second kappa shape index (κ2) is 7.13. The number of ether oxygens (including phenoxy) is 1. The van der Waals surface area contributed by atoms with Gasteiger partial charge in [-0.15, -0.1) is 0 Å². The van der Waals surface area contributed by atoms with Crippen molar-refractivity contribution in [2.24, 2.45) is 0 Å². The van der Waals surface area contributed by atoms with Gasteiger partial charge >= 0.3 is 5.97 Å². The highest BCUT2D eigenvalue weighted by molar-refractivity contribution is 6.35. The SMILES string of the molecule is O=C(O)c1cc2c3c(c1)OCCN3C(c1cc3cccc(Cl)c3n1Cc1cncnc1)N2. The quantitative estimate of drug-likeness (QED) is 0.485. The third-order valence-electron chi connectivity index (χ3n) is 5.94. The Labute approximate surface area is 188 Å². The molecule has 0 radical (unpaired) electrons. The van der Waals surface area contributed by atoms with Crippen molar-refractivity contribution in [2.75, 3.05) is 23.4 Å². The van der Waals surface area contributed by atoms with Gasteiger partial charge < -0.3 is 24.6 Å². The number of nitrogens with one attached hydrogen (secondary N) is 1. The molecule has 2 aromatic heterocycles. The van der Waals surface area contributed by atoms with Crippen LogP contribution in [0.1, 0.15) is 27.8 Å². The predicted molar refractivity (Wildman–Crippen MR) is 121 cm³/mol. The maximum absolute atomic E-state index is 11.6. The average molecular weight is 448 g/mol. The van der Waals surface area contributed by atoms with Crippen LogP contribution >= 0.6 is 11.6 Å². The number of aromatic nitrogens is 3. The van der Waals surface area contributed by atoms with Gasteiger partial charge in [0.1, 0.15) is 30.5 Å². The van der Waals surface area contributed by atoms with E-state index in [9.17, 15) is 9.90 Å². The number of hydrogen-bond donors (Lipinski definition) is 2. The zero-order chi connectivity index (χ0) is 21.8. The van der Waals surface area contributed by atoms with Gasteiger partial charge in [0.2, 0.25) is 0 Å². The Hall–Kier alpha value is -3.78. The van der Waals surface area contributed by atoms with Gasteiger partial charge in [-0.25, -0.2) is 14.8 Å². The summed E-state index contributed by atoms with van der Waals surface area (Å²) in [6.45, 7) is 1.70. The molecule has 0 bridgehead atoms. The number of fused-ring (bicyclic) bond motifs is 1. The largest absolute Gasteiger partial charge is 0.489 e. The zero-order valence-corrected chi connectivity index (χ0v) is 17.6. The average Bonchev–Trinajstić information content (AvgIpc) is 3.35. The fourth-order valence-electron chi connectivity index (χ4n) is 4.62. The lowest BCUT2D eigenvalue weighted by Gasteiger charge is -2.32. The van der Waals surface area contributed by atoms with E-state index in [2.05, 4.69) is 30.8 Å². The zero-order valence-electron chi connectivity index (χ0n) is 16.8. The number of benzene rings is 2. The fraction of sp³-hybridized carbons (Fsp3) is 0.174. The second-order valence-corrected chi connectivity index (χ2v) is 8.25. The number of aromatic carboxylic acids is 1. The summed E-state index contributed by atoms with van der Waals surface area (Å²) in [6, 6.07) is 11.2. The Kier molecular flexibility index (Phi) is 4.22. The number of carboxylic acid groups (broad SMARTS) is 1. The van der Waals surface area contributed by atoms with Crippen LogP contribution < -0.4 is 15.0 Å². The van der Waals surface area contributed by atoms with Gasteiger partial charge in [-0.1, -0.05) is 23.7 Å². The molecule has 1 unspecified atom stereocenters. The molecule has 4 heterocycles. The lowest BCUT2D eigenvalue weighted by Crippen LogP contribution is -2.35. The number of carbonyl (C=O) groups is 1. The monoisotopic (exact) mass is 447 g/mol. The van der Waals surface area contributed by atoms with Crippen LogP contribution in [0.4, 0.5) is 11.4 Å². The summed E-state index contributed by atoms with van der Waals surface area (Å²) in [4.78, 5) is 22.1. The standard InChI is InChI=1S/C23H18ClN5O3/c24-16-3-1-2-14-7-18(29(20(14)16)11-13-9-25-12-26-10-13)22-27-17-6-15(23(30)31)8-19-21(17)28(22)4-5-32-19/h1-3,6-10,12,22,27H,4-5,11H2,(H,30,31). The number of nitrogens with zero attached hydrogens (tertiary/aromatic N) is 4. The molecule has 2 aliphatic rings. The smallest absolute Gasteiger partial charge is 0.335 e. The molecule has 0 amide bonds. The van der Waals surface area contributed by atoms with Crippen molar-refractivity contribution in [1.29, 1.82) is 0 Å². The molecule has 6 rings (SSSR count). The van der Waals surface area contributed by atoms with E-state index in [1.807, 2.05) is 18.2 Å². The van der Waals surface area contributed by atoms with Gasteiger partial charge in [-0.3, -0.25) is 0 Å². The van der Waals surface area contributed by atoms with E-state index in [0.29, 0.717) is 30.5 Å². The molecule has 160 valence electrons. The Balaban J connectivity index is 1.51. The topological polar surface area (TPSA) is 92.5 Å². The number of hydrogen-bond acceptors (Lipinski definition) is 6. The molecule has 2 aliphatic heterocycles. The third-order valence-corrected chi connectivity index (χ3v) is 6.25. The van der Waals surface area contributed by atoms with Crippen molar-refractivity contribution in [2.45, 2.75) is 12.7 Å². The molecular formula is C23H18ClN5O3. The fourth-order valence-corrected chi connectivity index (χ4v) is 4.90. The van der Waals surface area contributed by atoms with Gasteiger partial charge in [0.05, 0.1) is 40.6 Å². The van der Waals surface area contributed by atoms with Gasteiger partial charge in [-0.05, 0) is 24.3 Å². The molecular weight excluding hydrogens is 430 g/mol. The van der Waals surface area contributed by atoms with Crippen molar-refractivity contribution >= 4 is 39.8 Å². The molecule has 2 N–H and O–H groups in total. The minimum Gasteiger partial charge on any atom is -0.489 e. The molecule has 4 aromatic rings. The van der Waals surface area contributed by atoms with E-state index in [0.717, 1.165) is 33.5 Å². The Morgan fingerprint density at radius 1 is 1.25 bits per heavy atom. The van der Waals surface area contributed by atoms with Crippen molar-refractivity contribution < 1.29 is 14.6 Å². The van der Waals surface area contributed by atoms with Crippen molar-refractivity contribution in [3.8, 4) is 5.75 Å². The second-order valence-electron chi connectivity index (χ2n) is 7.84. The maximum atomic E-state index is 11.6. The number of halogens is 1. The van der Waals surface area contributed by atoms with Gasteiger partial charge in [0.25, 0.3) is 0 Å². The first-order chi connectivity index (χ1) is 15.6. The van der Waals surface area contributed by atoms with E-state index < -0.39 is 5.97 Å². The van der Waals surface area contributed by atoms with E-state index in [4.69, 9.17) is 16.3 Å². The molecule has 9 heteroatoms. The van der Waals surface area contributed by atoms with Gasteiger partial charge in [0, 0.05) is 23.3 Å². The Morgan fingerprint density at radius 2 is 2.09 bits per heavy atom. The van der Waals surface area contributed by atoms with Crippen LogP contribution in [0.5, 0.6) is 5.75 Å². The molecule has 2 aromatic carbocycles. The molecule has 0 fully saturated rings. The van der Waals surface area contributed by atoms with Crippen LogP contribution in [0.3, 0.4) is 0 Å². The van der Waals surface area contributed by atoms with Crippen LogP contribution in [-0.2, 0) is 6.54 Å². The molecule has 8 nitrogen and oxygen atoms in total. The Bertz CT molecular complexity index is 1370. The summed E-state index contributed by atoms with van der Waals surface area (Å²) in [7, 11) is 0. The number of carboxylic acids is 1. The number of para-hydroxylation sites is 1. The third kappa shape index (κ3) is 2.87. The van der Waals surface area contributed by atoms with Crippen molar-refractivity contribution in [3.05, 3.63) is 77.0 Å². The molecule has 0 spiro atoms. The minimum atomic E-state index is -0.986. The summed E-state index contributed by atoms with van der Waals surface area (Å²) in [5, 5.41) is 14.7. The summed E-state index contributed by atoms with van der Waals surface area (Å²) >= 11 is 6.63. The van der Waals surface area contributed by atoms with E-state index in [1.54, 1.807) is 24.5 Å². The van der Waals surface area contributed by atoms with Crippen LogP contribution in [0.25, 0.3) is 10.9 Å². The molecule has 0 saturated carbocycles. The highest BCUT2D eigenvalue weighted by atomic mass is 35.5. The van der Waals surface area contributed by atoms with E-state index in [-0.39, 0.29) is 11.7 Å². The highest BCUT2D eigenvalue weighted by Crippen LogP contribution is 2.50. The highest BCUT2D eigenvalue weighted by Gasteiger charge is 2.38. The molecule has 0 aliphatic carbocycles. The van der Waals surface area contributed by atoms with Crippen molar-refractivity contribution in [1.82, 2.24) is 14.5 Å². The Morgan fingerprint density at radius 3 is 2.91 bits per heavy atom. The first-order valence-corrected chi connectivity index (χ1v) is 10.6. The first-order valence-electron chi connectivity index (χ1n) is 10.2. The van der Waals surface area contributed by atoms with Crippen molar-refractivity contribution in [3.63, 3.8) is 0 Å². The maximum Gasteiger partial charge on any atom is 0.335 e. The molecule has 1 atom stereocenters. The van der Waals surface area contributed by atoms with E-state index in [1.165, 1.54) is 6.33 Å². The molecule has 32 heavy (non-hydrogen) atoms. The summed E-state index contributed by atoms with van der Waals surface area (Å²) < 4.78 is 7.98. The van der Waals surface area contributed by atoms with Gasteiger partial charge in [0.15, 0.2) is 0 Å². The number of rotatable bonds is 4. The van der Waals surface area contributed by atoms with Crippen LogP contribution in [0.2, 0.25) is 5.02 Å². The van der Waals surface area contributed by atoms with Crippen LogP contribution in [0, 0.1) is 0 Å².